The normalized spacial score (nSPS) is 14.2. The summed E-state index contributed by atoms with van der Waals surface area (Å²) in [6.07, 6.45) is 46.3. The zero-order valence-electron chi connectivity index (χ0n) is 57.0. The summed E-state index contributed by atoms with van der Waals surface area (Å²) in [5.74, 6) is -0.642. The fourth-order valence-electron chi connectivity index (χ4n) is 10.4. The second kappa shape index (κ2) is 61.3. The van der Waals surface area contributed by atoms with Gasteiger partial charge in [0.25, 0.3) is 0 Å². The van der Waals surface area contributed by atoms with Gasteiger partial charge in [0.05, 0.1) is 26.4 Å². The van der Waals surface area contributed by atoms with Gasteiger partial charge in [0.15, 0.2) is 12.2 Å². The number of phosphoric acid groups is 2. The van der Waals surface area contributed by atoms with Gasteiger partial charge in [-0.15, -0.1) is 0 Å². The van der Waals surface area contributed by atoms with Crippen LogP contribution in [-0.4, -0.2) is 96.7 Å². The van der Waals surface area contributed by atoms with Crippen LogP contribution < -0.4 is 0 Å². The lowest BCUT2D eigenvalue weighted by molar-refractivity contribution is -0.161. The van der Waals surface area contributed by atoms with Gasteiger partial charge in [-0.1, -0.05) is 298 Å². The summed E-state index contributed by atoms with van der Waals surface area (Å²) in [5.41, 5.74) is 0. The van der Waals surface area contributed by atoms with E-state index >= 15 is 0 Å². The molecule has 19 heteroatoms. The second-order valence-electron chi connectivity index (χ2n) is 25.9. The van der Waals surface area contributed by atoms with Crippen LogP contribution in [0.15, 0.2) is 0 Å². The van der Waals surface area contributed by atoms with Gasteiger partial charge < -0.3 is 33.8 Å². The molecule has 0 fully saturated rings. The lowest BCUT2D eigenvalue weighted by Crippen LogP contribution is -2.30. The van der Waals surface area contributed by atoms with Crippen molar-refractivity contribution in [3.05, 3.63) is 0 Å². The third kappa shape index (κ3) is 62.8. The Bertz CT molecular complexity index is 1720. The smallest absolute Gasteiger partial charge is 0.462 e. The highest BCUT2D eigenvalue weighted by Crippen LogP contribution is 2.45. The van der Waals surface area contributed by atoms with E-state index in [0.717, 1.165) is 108 Å². The predicted molar refractivity (Wildman–Crippen MR) is 354 cm³/mol. The number of carbonyl (C=O) groups is 4. The van der Waals surface area contributed by atoms with Gasteiger partial charge in [-0.2, -0.15) is 0 Å². The van der Waals surface area contributed by atoms with E-state index in [9.17, 15) is 43.2 Å². The first-order chi connectivity index (χ1) is 42.4. The van der Waals surface area contributed by atoms with Gasteiger partial charge in [-0.25, -0.2) is 9.13 Å². The lowest BCUT2D eigenvalue weighted by Gasteiger charge is -2.21. The molecule has 17 nitrogen and oxygen atoms in total. The minimum Gasteiger partial charge on any atom is -0.462 e. The summed E-state index contributed by atoms with van der Waals surface area (Å²) in [6.45, 7) is 9.42. The van der Waals surface area contributed by atoms with E-state index < -0.39 is 97.5 Å². The van der Waals surface area contributed by atoms with E-state index in [4.69, 9.17) is 37.0 Å². The highest BCUT2D eigenvalue weighted by Gasteiger charge is 2.30. The van der Waals surface area contributed by atoms with E-state index in [1.165, 1.54) is 161 Å². The maximum atomic E-state index is 13.0. The number of aliphatic hydroxyl groups excluding tert-OH is 1. The Morgan fingerprint density at radius 3 is 0.773 bits per heavy atom. The molecule has 0 aromatic rings. The number of ether oxygens (including phenoxy) is 4. The van der Waals surface area contributed by atoms with E-state index in [2.05, 4.69) is 41.5 Å². The number of hydrogen-bond acceptors (Lipinski definition) is 15. The molecule has 0 aliphatic carbocycles. The number of carbonyl (C=O) groups excluding carboxylic acids is 4. The highest BCUT2D eigenvalue weighted by molar-refractivity contribution is 7.47. The van der Waals surface area contributed by atoms with Crippen LogP contribution in [0.3, 0.4) is 0 Å². The van der Waals surface area contributed by atoms with Crippen LogP contribution in [0, 0.1) is 11.8 Å². The average molecular weight is 1300 g/mol. The van der Waals surface area contributed by atoms with Crippen molar-refractivity contribution < 1.29 is 80.2 Å². The average Bonchev–Trinajstić information content (AvgIpc) is 3.67. The topological polar surface area (TPSA) is 237 Å². The number of phosphoric ester groups is 2. The molecule has 0 saturated heterocycles. The van der Waals surface area contributed by atoms with Crippen LogP contribution in [0.2, 0.25) is 0 Å². The predicted octanol–water partition coefficient (Wildman–Crippen LogP) is 19.6. The fourth-order valence-corrected chi connectivity index (χ4v) is 12.0. The van der Waals surface area contributed by atoms with Crippen LogP contribution in [-0.2, 0) is 65.4 Å². The summed E-state index contributed by atoms with van der Waals surface area (Å²) in [7, 11) is -9.89. The molecule has 3 N–H and O–H groups in total. The Morgan fingerprint density at radius 1 is 0.307 bits per heavy atom. The van der Waals surface area contributed by atoms with Gasteiger partial charge >= 0.3 is 39.5 Å². The molecule has 0 aromatic carbocycles. The molecule has 0 radical (unpaired) electrons. The number of rotatable bonds is 68. The van der Waals surface area contributed by atoms with Crippen LogP contribution in [0.1, 0.15) is 350 Å². The molecule has 88 heavy (non-hydrogen) atoms. The quantitative estimate of drug-likeness (QED) is 0.0222. The largest absolute Gasteiger partial charge is 0.472 e. The second-order valence-corrected chi connectivity index (χ2v) is 28.8. The first-order valence-corrected chi connectivity index (χ1v) is 39.0. The van der Waals surface area contributed by atoms with Crippen molar-refractivity contribution in [2.45, 2.75) is 368 Å². The number of unbranched alkanes of at least 4 members (excludes halogenated alkanes) is 38. The summed E-state index contributed by atoms with van der Waals surface area (Å²) in [5, 5.41) is 10.5. The highest BCUT2D eigenvalue weighted by atomic mass is 31.2. The SMILES string of the molecule is CCCCCCCCCCCCCCCCCCCCC(=O)O[C@H](COC(=O)CCCCCCCCCCCCC(C)C)COP(=O)(O)OC[C@@H](O)COP(=O)(O)OC[C@@H](COC(=O)CCCCCCC)OC(=O)CCCCCCCCCCCC(C)C. The molecule has 0 heterocycles. The third-order valence-electron chi connectivity index (χ3n) is 16.0. The van der Waals surface area contributed by atoms with Crippen molar-refractivity contribution in [3.63, 3.8) is 0 Å². The fraction of sp³-hybridized carbons (Fsp3) is 0.942. The van der Waals surface area contributed by atoms with E-state index in [0.29, 0.717) is 25.7 Å². The zero-order valence-corrected chi connectivity index (χ0v) is 58.8. The molecule has 522 valence electrons. The molecule has 5 atom stereocenters. The molecule has 0 aliphatic heterocycles. The van der Waals surface area contributed by atoms with Gasteiger partial charge in [0, 0.05) is 25.7 Å². The number of hydrogen-bond donors (Lipinski definition) is 3. The maximum absolute atomic E-state index is 13.0. The zero-order chi connectivity index (χ0) is 65.0. The van der Waals surface area contributed by atoms with Crippen molar-refractivity contribution >= 4 is 39.5 Å². The molecule has 0 aliphatic rings. The molecule has 0 aromatic heterocycles. The minimum absolute atomic E-state index is 0.104. The first-order valence-electron chi connectivity index (χ1n) is 36.0. The van der Waals surface area contributed by atoms with Crippen LogP contribution in [0.25, 0.3) is 0 Å². The van der Waals surface area contributed by atoms with Gasteiger partial charge in [0.2, 0.25) is 0 Å². The standard InChI is InChI=1S/C69H134O17P2/c1-7-9-11-13-14-15-16-17-18-19-20-21-22-23-30-35-41-47-53-68(73)86-65(58-80-67(72)52-46-40-34-29-25-24-27-32-38-43-49-61(3)4)60-84-88(77,78)82-56-63(70)55-81-87(75,76)83-59-64(57-79-66(71)51-45-37-12-10-8-2)85-69(74)54-48-42-36-31-26-28-33-39-44-50-62(5)6/h61-65,70H,7-60H2,1-6H3,(H,75,76)(H,77,78)/t63-,64+,65+/m0/s1. The van der Waals surface area contributed by atoms with E-state index in [1.54, 1.807) is 0 Å². The van der Waals surface area contributed by atoms with Crippen LogP contribution in [0.4, 0.5) is 0 Å². The maximum Gasteiger partial charge on any atom is 0.472 e. The lowest BCUT2D eigenvalue weighted by atomic mass is 10.0. The Kier molecular flexibility index (Phi) is 59.9. The number of esters is 4. The molecule has 0 amide bonds. The first kappa shape index (κ1) is 86.1. The molecule has 0 saturated carbocycles. The summed E-state index contributed by atoms with van der Waals surface area (Å²) in [6, 6.07) is 0. The van der Waals surface area contributed by atoms with Crippen molar-refractivity contribution in [1.82, 2.24) is 0 Å². The minimum atomic E-state index is -4.95. The molecular weight excluding hydrogens is 1160 g/mol. The Hall–Kier alpha value is -1.94. The Morgan fingerprint density at radius 2 is 0.523 bits per heavy atom. The van der Waals surface area contributed by atoms with Crippen LogP contribution >= 0.6 is 15.6 Å². The molecule has 2 unspecified atom stereocenters. The molecular formula is C69H134O17P2. The summed E-state index contributed by atoms with van der Waals surface area (Å²) >= 11 is 0. The third-order valence-corrected chi connectivity index (χ3v) is 17.9. The van der Waals surface area contributed by atoms with Gasteiger partial charge in [-0.3, -0.25) is 37.3 Å². The van der Waals surface area contributed by atoms with Crippen molar-refractivity contribution in [2.24, 2.45) is 11.8 Å². The van der Waals surface area contributed by atoms with Crippen molar-refractivity contribution in [3.8, 4) is 0 Å². The molecule has 0 spiro atoms. The van der Waals surface area contributed by atoms with E-state index in [1.807, 2.05) is 0 Å². The molecule has 0 bridgehead atoms. The molecule has 0 rings (SSSR count). The van der Waals surface area contributed by atoms with Crippen molar-refractivity contribution in [1.29, 1.82) is 0 Å². The monoisotopic (exact) mass is 1300 g/mol. The Labute approximate surface area is 537 Å². The van der Waals surface area contributed by atoms with Crippen LogP contribution in [0.5, 0.6) is 0 Å². The van der Waals surface area contributed by atoms with Gasteiger partial charge in [0.1, 0.15) is 19.3 Å². The van der Waals surface area contributed by atoms with E-state index in [-0.39, 0.29) is 25.7 Å². The summed E-state index contributed by atoms with van der Waals surface area (Å²) in [4.78, 5) is 72.2. The Balaban J connectivity index is 5.15. The van der Waals surface area contributed by atoms with Crippen molar-refractivity contribution in [2.75, 3.05) is 39.6 Å². The van der Waals surface area contributed by atoms with Gasteiger partial charge in [-0.05, 0) is 37.5 Å². The number of aliphatic hydroxyl groups is 1. The summed E-state index contributed by atoms with van der Waals surface area (Å²) < 4.78 is 68.0.